The molecule has 0 fully saturated rings. The fourth-order valence-electron chi connectivity index (χ4n) is 1.96. The van der Waals surface area contributed by atoms with Crippen LogP contribution in [0.25, 0.3) is 0 Å². The summed E-state index contributed by atoms with van der Waals surface area (Å²) in [4.78, 5) is 0. The minimum Gasteiger partial charge on any atom is -0.302 e. The Kier molecular flexibility index (Phi) is 5.67. The number of hydrogen-bond acceptors (Lipinski definition) is 3. The van der Waals surface area contributed by atoms with Crippen molar-refractivity contribution in [2.24, 2.45) is 16.0 Å². The lowest BCUT2D eigenvalue weighted by Gasteiger charge is -2.15. The van der Waals surface area contributed by atoms with E-state index in [0.717, 1.165) is 25.0 Å². The quantitative estimate of drug-likeness (QED) is 0.617. The number of unbranched alkanes of at least 4 members (excludes halogenated alkanes) is 4. The second-order valence-electron chi connectivity index (χ2n) is 4.74. The highest BCUT2D eigenvalue weighted by atomic mass is 15.2. The van der Waals surface area contributed by atoms with E-state index in [1.165, 1.54) is 32.1 Å². The monoisotopic (exact) mass is 223 g/mol. The average molecular weight is 223 g/mol. The predicted octanol–water partition coefficient (Wildman–Crippen LogP) is 4.15. The number of rotatable bonds is 8. The van der Waals surface area contributed by atoms with Crippen molar-refractivity contribution >= 4 is 0 Å². The van der Waals surface area contributed by atoms with Gasteiger partial charge >= 0.3 is 0 Å². The largest absolute Gasteiger partial charge is 0.302 e. The molecule has 1 aliphatic rings. The van der Waals surface area contributed by atoms with Gasteiger partial charge in [0.15, 0.2) is 0 Å². The van der Waals surface area contributed by atoms with Crippen LogP contribution in [0, 0.1) is 0 Å². The minimum absolute atomic E-state index is 0.489. The van der Waals surface area contributed by atoms with E-state index < -0.39 is 5.66 Å². The molecule has 0 saturated heterocycles. The van der Waals surface area contributed by atoms with Crippen molar-refractivity contribution in [1.82, 2.24) is 0 Å². The van der Waals surface area contributed by atoms with E-state index in [1.807, 2.05) is 0 Å². The van der Waals surface area contributed by atoms with Gasteiger partial charge in [0, 0.05) is 0 Å². The molecule has 3 heteroatoms. The van der Waals surface area contributed by atoms with Crippen molar-refractivity contribution < 1.29 is 0 Å². The summed E-state index contributed by atoms with van der Waals surface area (Å²) in [5, 5.41) is 8.41. The van der Waals surface area contributed by atoms with Crippen LogP contribution in [-0.2, 0) is 0 Å². The normalized spacial score (nSPS) is 23.8. The molecule has 0 bridgehead atoms. The number of nitrogens with zero attached hydrogens (tertiary/aromatic N) is 2. The summed E-state index contributed by atoms with van der Waals surface area (Å²) < 4.78 is 0. The van der Waals surface area contributed by atoms with Crippen LogP contribution in [0.2, 0.25) is 0 Å². The number of nitrogens with two attached hydrogens (primary N) is 1. The fraction of sp³-hybridized carbons (Fsp3) is 0.846. The average Bonchev–Trinajstić information content (AvgIpc) is 2.62. The molecule has 1 heterocycles. The molecular formula is C13H25N3. The van der Waals surface area contributed by atoms with Gasteiger partial charge in [0.2, 0.25) is 0 Å². The third-order valence-electron chi connectivity index (χ3n) is 3.00. The van der Waals surface area contributed by atoms with Gasteiger partial charge in [-0.1, -0.05) is 39.5 Å². The zero-order valence-corrected chi connectivity index (χ0v) is 10.7. The molecule has 0 radical (unpaired) electrons. The van der Waals surface area contributed by atoms with Gasteiger partial charge in [0.25, 0.3) is 0 Å². The maximum Gasteiger partial charge on any atom is 0.150 e. The molecule has 0 spiro atoms. The molecule has 0 aliphatic carbocycles. The molecule has 3 nitrogen and oxygen atoms in total. The molecule has 1 atom stereocenters. The molecule has 0 amide bonds. The SMILES string of the molecule is CCCCCC1=CC(N)(CCCCC)N=N1. The number of allylic oxidation sites excluding steroid dienone is 1. The first-order chi connectivity index (χ1) is 7.70. The van der Waals surface area contributed by atoms with Gasteiger partial charge in [-0.2, -0.15) is 10.2 Å². The zero-order chi connectivity index (χ0) is 11.9. The lowest BCUT2D eigenvalue weighted by Crippen LogP contribution is -2.33. The Balaban J connectivity index is 2.32. The van der Waals surface area contributed by atoms with Crippen molar-refractivity contribution in [3.63, 3.8) is 0 Å². The van der Waals surface area contributed by atoms with E-state index in [0.29, 0.717) is 0 Å². The molecule has 1 rings (SSSR count). The van der Waals surface area contributed by atoms with Gasteiger partial charge in [-0.25, -0.2) is 0 Å². The second kappa shape index (κ2) is 6.79. The number of azo groups is 1. The Bertz CT molecular complexity index is 258. The fourth-order valence-corrected chi connectivity index (χ4v) is 1.96. The van der Waals surface area contributed by atoms with Crippen molar-refractivity contribution in [2.75, 3.05) is 0 Å². The first-order valence-corrected chi connectivity index (χ1v) is 6.63. The van der Waals surface area contributed by atoms with E-state index in [4.69, 9.17) is 5.73 Å². The maximum absolute atomic E-state index is 6.16. The summed E-state index contributed by atoms with van der Waals surface area (Å²) in [5.74, 6) is 0. The number of hydrogen-bond donors (Lipinski definition) is 1. The molecule has 1 aliphatic heterocycles. The van der Waals surface area contributed by atoms with E-state index in [2.05, 4.69) is 30.2 Å². The Morgan fingerprint density at radius 3 is 2.50 bits per heavy atom. The Labute approximate surface area is 99.2 Å². The molecule has 92 valence electrons. The van der Waals surface area contributed by atoms with Gasteiger partial charge in [-0.3, -0.25) is 0 Å². The van der Waals surface area contributed by atoms with Gasteiger partial charge in [-0.15, -0.1) is 0 Å². The van der Waals surface area contributed by atoms with Crippen LogP contribution in [0.5, 0.6) is 0 Å². The van der Waals surface area contributed by atoms with E-state index >= 15 is 0 Å². The highest BCUT2D eigenvalue weighted by molar-refractivity contribution is 5.15. The molecule has 2 N–H and O–H groups in total. The standard InChI is InChI=1S/C13H25N3/c1-3-5-7-9-12-11-13(14,16-15-12)10-8-6-4-2/h11H,3-10,14H2,1-2H3. The smallest absolute Gasteiger partial charge is 0.150 e. The highest BCUT2D eigenvalue weighted by Crippen LogP contribution is 2.27. The molecule has 1 unspecified atom stereocenters. The van der Waals surface area contributed by atoms with Gasteiger partial charge < -0.3 is 5.73 Å². The first-order valence-electron chi connectivity index (χ1n) is 6.63. The van der Waals surface area contributed by atoms with Crippen LogP contribution in [0.3, 0.4) is 0 Å². The third kappa shape index (κ3) is 4.44. The molecule has 0 aromatic heterocycles. The van der Waals surface area contributed by atoms with Gasteiger partial charge in [0.1, 0.15) is 5.66 Å². The Morgan fingerprint density at radius 1 is 1.12 bits per heavy atom. The van der Waals surface area contributed by atoms with Crippen LogP contribution in [0.15, 0.2) is 22.0 Å². The summed E-state index contributed by atoms with van der Waals surface area (Å²) >= 11 is 0. The van der Waals surface area contributed by atoms with Crippen molar-refractivity contribution in [3.8, 4) is 0 Å². The van der Waals surface area contributed by atoms with E-state index in [9.17, 15) is 0 Å². The molecule has 0 aromatic carbocycles. The van der Waals surface area contributed by atoms with E-state index in [-0.39, 0.29) is 0 Å². The van der Waals surface area contributed by atoms with Crippen LogP contribution in [-0.4, -0.2) is 5.66 Å². The van der Waals surface area contributed by atoms with Crippen LogP contribution in [0.4, 0.5) is 0 Å². The zero-order valence-electron chi connectivity index (χ0n) is 10.7. The van der Waals surface area contributed by atoms with E-state index in [1.54, 1.807) is 0 Å². The summed E-state index contributed by atoms with van der Waals surface area (Å²) in [6.07, 6.45) is 11.3. The van der Waals surface area contributed by atoms with Crippen molar-refractivity contribution in [3.05, 3.63) is 11.8 Å². The molecular weight excluding hydrogens is 198 g/mol. The molecule has 0 aromatic rings. The summed E-state index contributed by atoms with van der Waals surface area (Å²) in [6, 6.07) is 0. The lowest BCUT2D eigenvalue weighted by molar-refractivity contribution is 0.471. The maximum atomic E-state index is 6.16. The Hall–Kier alpha value is -0.700. The van der Waals surface area contributed by atoms with Crippen LogP contribution in [0.1, 0.15) is 65.2 Å². The minimum atomic E-state index is -0.489. The highest BCUT2D eigenvalue weighted by Gasteiger charge is 2.26. The lowest BCUT2D eigenvalue weighted by atomic mass is 10.0. The summed E-state index contributed by atoms with van der Waals surface area (Å²) in [5.41, 5.74) is 6.76. The first kappa shape index (κ1) is 13.4. The van der Waals surface area contributed by atoms with Crippen molar-refractivity contribution in [2.45, 2.75) is 70.9 Å². The predicted molar refractivity (Wildman–Crippen MR) is 68.1 cm³/mol. The summed E-state index contributed by atoms with van der Waals surface area (Å²) in [7, 11) is 0. The Morgan fingerprint density at radius 2 is 1.81 bits per heavy atom. The second-order valence-corrected chi connectivity index (χ2v) is 4.74. The van der Waals surface area contributed by atoms with Crippen molar-refractivity contribution in [1.29, 1.82) is 0 Å². The topological polar surface area (TPSA) is 50.7 Å². The van der Waals surface area contributed by atoms with Crippen LogP contribution < -0.4 is 5.73 Å². The summed E-state index contributed by atoms with van der Waals surface area (Å²) in [6.45, 7) is 4.41. The molecule has 16 heavy (non-hydrogen) atoms. The molecule has 0 saturated carbocycles. The third-order valence-corrected chi connectivity index (χ3v) is 3.00. The van der Waals surface area contributed by atoms with Gasteiger partial charge in [-0.05, 0) is 31.8 Å². The van der Waals surface area contributed by atoms with Crippen LogP contribution >= 0.6 is 0 Å². The van der Waals surface area contributed by atoms with Gasteiger partial charge in [0.05, 0.1) is 5.70 Å².